The van der Waals surface area contributed by atoms with Gasteiger partial charge < -0.3 is 10.5 Å². The third kappa shape index (κ3) is 5.94. The van der Waals surface area contributed by atoms with Crippen LogP contribution in [0.5, 0.6) is 5.75 Å². The summed E-state index contributed by atoms with van der Waals surface area (Å²) in [4.78, 5) is 0. The van der Waals surface area contributed by atoms with E-state index in [2.05, 4.69) is 22.0 Å². The molecule has 1 rings (SSSR count). The second-order valence-corrected chi connectivity index (χ2v) is 6.45. The quantitative estimate of drug-likeness (QED) is 0.727. The second-order valence-electron chi connectivity index (χ2n) is 5.59. The zero-order valence-electron chi connectivity index (χ0n) is 12.3. The van der Waals surface area contributed by atoms with Crippen molar-refractivity contribution in [3.63, 3.8) is 0 Å². The lowest BCUT2D eigenvalue weighted by Crippen LogP contribution is -2.08. The summed E-state index contributed by atoms with van der Waals surface area (Å²) >= 11 is 3.51. The summed E-state index contributed by atoms with van der Waals surface area (Å²) in [6.07, 6.45) is 3.72. The molecule has 4 heteroatoms. The molecule has 0 fully saturated rings. The zero-order valence-corrected chi connectivity index (χ0v) is 13.9. The molecule has 0 radical (unpaired) electrons. The summed E-state index contributed by atoms with van der Waals surface area (Å²) in [7, 11) is 0. The molecule has 0 unspecified atom stereocenters. The molecule has 110 valence electrons. The van der Waals surface area contributed by atoms with Crippen LogP contribution in [0.4, 0.5) is 0 Å². The van der Waals surface area contributed by atoms with E-state index in [0.29, 0.717) is 13.2 Å². The van der Waals surface area contributed by atoms with E-state index >= 15 is 0 Å². The van der Waals surface area contributed by atoms with Crippen molar-refractivity contribution in [2.45, 2.75) is 39.5 Å². The van der Waals surface area contributed by atoms with E-state index in [-0.39, 0.29) is 5.41 Å². The maximum Gasteiger partial charge on any atom is 0.119 e. The molecule has 0 saturated carbocycles. The van der Waals surface area contributed by atoms with Crippen LogP contribution >= 0.6 is 15.9 Å². The molecule has 1 aromatic carbocycles. The number of benzene rings is 1. The average molecular weight is 339 g/mol. The van der Waals surface area contributed by atoms with Gasteiger partial charge in [0.15, 0.2) is 0 Å². The summed E-state index contributed by atoms with van der Waals surface area (Å²) in [5, 5.41) is 8.94. The number of ether oxygens (including phenoxy) is 1. The van der Waals surface area contributed by atoms with E-state index in [9.17, 15) is 0 Å². The molecule has 2 N–H and O–H groups in total. The molecule has 0 heterocycles. The Morgan fingerprint density at radius 3 is 2.75 bits per heavy atom. The Hall–Kier alpha value is -1.05. The Labute approximate surface area is 130 Å². The van der Waals surface area contributed by atoms with E-state index in [4.69, 9.17) is 15.7 Å². The summed E-state index contributed by atoms with van der Waals surface area (Å²) in [5.74, 6) is 0.885. The van der Waals surface area contributed by atoms with Crippen molar-refractivity contribution in [2.75, 3.05) is 13.2 Å². The van der Waals surface area contributed by atoms with Gasteiger partial charge in [0.05, 0.1) is 18.1 Å². The van der Waals surface area contributed by atoms with Gasteiger partial charge in [0.2, 0.25) is 0 Å². The molecule has 0 aliphatic carbocycles. The predicted molar refractivity (Wildman–Crippen MR) is 85.6 cm³/mol. The number of hydrogen-bond acceptors (Lipinski definition) is 3. The Bertz CT molecular complexity index is 466. The highest BCUT2D eigenvalue weighted by Gasteiger charge is 2.15. The maximum atomic E-state index is 8.94. The van der Waals surface area contributed by atoms with Crippen LogP contribution in [0.2, 0.25) is 0 Å². The molecular formula is C16H23BrN2O. The first-order valence-electron chi connectivity index (χ1n) is 7.01. The largest absolute Gasteiger partial charge is 0.494 e. The minimum absolute atomic E-state index is 0.230. The number of halogens is 1. The van der Waals surface area contributed by atoms with Gasteiger partial charge in [-0.25, -0.2) is 0 Å². The fourth-order valence-corrected chi connectivity index (χ4v) is 2.35. The lowest BCUT2D eigenvalue weighted by atomic mass is 9.89. The van der Waals surface area contributed by atoms with Crippen LogP contribution < -0.4 is 10.5 Å². The molecule has 0 saturated heterocycles. The molecule has 0 aromatic heterocycles. The molecule has 3 nitrogen and oxygen atoms in total. The van der Waals surface area contributed by atoms with Gasteiger partial charge in [-0.15, -0.1) is 0 Å². The van der Waals surface area contributed by atoms with E-state index in [1.165, 1.54) is 5.56 Å². The summed E-state index contributed by atoms with van der Waals surface area (Å²) in [5.41, 5.74) is 6.53. The van der Waals surface area contributed by atoms with Gasteiger partial charge in [0.1, 0.15) is 5.75 Å². The highest BCUT2D eigenvalue weighted by Crippen LogP contribution is 2.24. The van der Waals surface area contributed by atoms with Gasteiger partial charge in [-0.2, -0.15) is 5.26 Å². The van der Waals surface area contributed by atoms with Gasteiger partial charge in [-0.3, -0.25) is 0 Å². The van der Waals surface area contributed by atoms with Crippen molar-refractivity contribution >= 4 is 15.9 Å². The first-order chi connectivity index (χ1) is 9.48. The summed E-state index contributed by atoms with van der Waals surface area (Å²) in [6.45, 7) is 5.26. The maximum absolute atomic E-state index is 8.94. The highest BCUT2D eigenvalue weighted by molar-refractivity contribution is 9.10. The van der Waals surface area contributed by atoms with Gasteiger partial charge >= 0.3 is 0 Å². The van der Waals surface area contributed by atoms with Crippen LogP contribution in [0.25, 0.3) is 0 Å². The lowest BCUT2D eigenvalue weighted by molar-refractivity contribution is 0.294. The fourth-order valence-electron chi connectivity index (χ4n) is 1.90. The van der Waals surface area contributed by atoms with E-state index in [1.807, 2.05) is 32.0 Å². The first kappa shape index (κ1) is 17.0. The predicted octanol–water partition coefficient (Wildman–Crippen LogP) is 4.05. The Kier molecular flexibility index (Phi) is 7.04. The van der Waals surface area contributed by atoms with Crippen molar-refractivity contribution in [3.8, 4) is 11.8 Å². The van der Waals surface area contributed by atoms with Crippen LogP contribution in [-0.2, 0) is 6.42 Å². The number of hydrogen-bond donors (Lipinski definition) is 1. The smallest absolute Gasteiger partial charge is 0.119 e. The van der Waals surface area contributed by atoms with Crippen molar-refractivity contribution in [3.05, 3.63) is 28.2 Å². The standard InChI is InChI=1S/C16H23BrN2O/c1-16(2,12-19)8-3-4-10-20-14-5-6-15(17)13(11-14)7-9-18/h5-6,11H,3-4,7-10,18H2,1-2H3. The summed E-state index contributed by atoms with van der Waals surface area (Å²) < 4.78 is 6.83. The molecule has 0 spiro atoms. The van der Waals surface area contributed by atoms with Crippen LogP contribution in [-0.4, -0.2) is 13.2 Å². The number of nitrogens with zero attached hydrogens (tertiary/aromatic N) is 1. The zero-order chi connectivity index (χ0) is 15.0. The minimum Gasteiger partial charge on any atom is -0.494 e. The monoisotopic (exact) mass is 338 g/mol. The van der Waals surface area contributed by atoms with Crippen LogP contribution in [0.3, 0.4) is 0 Å². The average Bonchev–Trinajstić information content (AvgIpc) is 2.42. The Balaban J connectivity index is 2.36. The number of unbranched alkanes of at least 4 members (excludes halogenated alkanes) is 1. The fraction of sp³-hybridized carbons (Fsp3) is 0.562. The molecule has 0 atom stereocenters. The molecule has 0 aliphatic rings. The highest BCUT2D eigenvalue weighted by atomic mass is 79.9. The molecule has 0 amide bonds. The Morgan fingerprint density at radius 1 is 1.35 bits per heavy atom. The Morgan fingerprint density at radius 2 is 2.10 bits per heavy atom. The summed E-state index contributed by atoms with van der Waals surface area (Å²) in [6, 6.07) is 8.32. The SMILES string of the molecule is CC(C)(C#N)CCCCOc1ccc(Br)c(CCN)c1. The minimum atomic E-state index is -0.230. The topological polar surface area (TPSA) is 59.0 Å². The number of nitriles is 1. The molecule has 0 aliphatic heterocycles. The van der Waals surface area contributed by atoms with Crippen LogP contribution in [0, 0.1) is 16.7 Å². The third-order valence-electron chi connectivity index (χ3n) is 3.20. The van der Waals surface area contributed by atoms with Crippen LogP contribution in [0.15, 0.2) is 22.7 Å². The lowest BCUT2D eigenvalue weighted by Gasteiger charge is -2.14. The van der Waals surface area contributed by atoms with E-state index in [0.717, 1.165) is 35.9 Å². The van der Waals surface area contributed by atoms with Gasteiger partial charge in [-0.05, 0) is 69.8 Å². The van der Waals surface area contributed by atoms with Crippen LogP contribution in [0.1, 0.15) is 38.7 Å². The molecule has 0 bridgehead atoms. The molecule has 20 heavy (non-hydrogen) atoms. The van der Waals surface area contributed by atoms with Gasteiger partial charge in [0, 0.05) is 4.47 Å². The molecule has 1 aromatic rings. The number of rotatable bonds is 8. The normalized spacial score (nSPS) is 11.2. The van der Waals surface area contributed by atoms with Gasteiger partial charge in [0.25, 0.3) is 0 Å². The van der Waals surface area contributed by atoms with Crippen molar-refractivity contribution in [2.24, 2.45) is 11.1 Å². The third-order valence-corrected chi connectivity index (χ3v) is 3.97. The van der Waals surface area contributed by atoms with E-state index in [1.54, 1.807) is 0 Å². The number of nitrogens with two attached hydrogens (primary N) is 1. The van der Waals surface area contributed by atoms with Crippen molar-refractivity contribution in [1.82, 2.24) is 0 Å². The van der Waals surface area contributed by atoms with Gasteiger partial charge in [-0.1, -0.05) is 15.9 Å². The van der Waals surface area contributed by atoms with Crippen molar-refractivity contribution in [1.29, 1.82) is 5.26 Å². The first-order valence-corrected chi connectivity index (χ1v) is 7.80. The van der Waals surface area contributed by atoms with E-state index < -0.39 is 0 Å². The molecular weight excluding hydrogens is 316 g/mol. The second kappa shape index (κ2) is 8.28. The van der Waals surface area contributed by atoms with Crippen molar-refractivity contribution < 1.29 is 4.74 Å².